The fraction of sp³-hybridized carbons (Fsp3) is 0.0870. The van der Waals surface area contributed by atoms with E-state index in [2.05, 4.69) is 26.1 Å². The minimum atomic E-state index is -0.354. The zero-order valence-electron chi connectivity index (χ0n) is 17.4. The summed E-state index contributed by atoms with van der Waals surface area (Å²) >= 11 is 12.1. The summed E-state index contributed by atoms with van der Waals surface area (Å²) in [5.41, 5.74) is 5.97. The third-order valence-electron chi connectivity index (χ3n) is 4.74. The first-order valence-corrected chi connectivity index (χ1v) is 10.6. The van der Waals surface area contributed by atoms with Gasteiger partial charge in [-0.3, -0.25) is 4.79 Å². The number of hydrogen-bond acceptors (Lipinski definition) is 6. The quantitative estimate of drug-likeness (QED) is 0.305. The van der Waals surface area contributed by atoms with Crippen molar-refractivity contribution in [3.8, 4) is 11.4 Å². The normalized spacial score (nSPS) is 11.3. The number of aromatic nitrogens is 4. The highest BCUT2D eigenvalue weighted by molar-refractivity contribution is 6.35. The number of benzene rings is 3. The van der Waals surface area contributed by atoms with Crippen LogP contribution in [-0.2, 0) is 6.61 Å². The van der Waals surface area contributed by atoms with Gasteiger partial charge in [0.1, 0.15) is 18.7 Å². The summed E-state index contributed by atoms with van der Waals surface area (Å²) < 4.78 is 7.33. The first-order chi connectivity index (χ1) is 16.0. The molecule has 8 nitrogen and oxygen atoms in total. The van der Waals surface area contributed by atoms with Gasteiger partial charge in [0, 0.05) is 16.1 Å². The standard InChI is InChI=1S/C23H18Cl2N6O2/c1-15(16-6-4-7-19(11-16)31-14-26-29-30-31)27-28-23(32)20-8-3-2-5-17(20)13-33-22-10-9-18(24)12-21(22)25/h2-12,14H,13H2,1H3,(H,28,32)/b27-15-. The van der Waals surface area contributed by atoms with Crippen LogP contribution in [0.2, 0.25) is 10.0 Å². The lowest BCUT2D eigenvalue weighted by Crippen LogP contribution is -2.21. The lowest BCUT2D eigenvalue weighted by Gasteiger charge is -2.12. The lowest BCUT2D eigenvalue weighted by atomic mass is 10.1. The van der Waals surface area contributed by atoms with Crippen molar-refractivity contribution in [2.75, 3.05) is 0 Å². The minimum Gasteiger partial charge on any atom is -0.487 e. The van der Waals surface area contributed by atoms with Crippen LogP contribution in [0.3, 0.4) is 0 Å². The van der Waals surface area contributed by atoms with Crippen LogP contribution in [-0.4, -0.2) is 31.8 Å². The molecule has 4 aromatic rings. The Morgan fingerprint density at radius 1 is 1.09 bits per heavy atom. The number of rotatable bonds is 7. The Bertz CT molecular complexity index is 1310. The number of amides is 1. The highest BCUT2D eigenvalue weighted by Crippen LogP contribution is 2.28. The van der Waals surface area contributed by atoms with Crippen molar-refractivity contribution in [2.24, 2.45) is 5.10 Å². The van der Waals surface area contributed by atoms with E-state index in [4.69, 9.17) is 27.9 Å². The maximum atomic E-state index is 12.8. The van der Waals surface area contributed by atoms with Crippen molar-refractivity contribution >= 4 is 34.8 Å². The maximum absolute atomic E-state index is 12.8. The molecule has 4 rings (SSSR count). The van der Waals surface area contributed by atoms with Gasteiger partial charge in [0.25, 0.3) is 5.91 Å². The molecule has 3 aromatic carbocycles. The second kappa shape index (κ2) is 10.2. The molecule has 0 unspecified atom stereocenters. The first kappa shape index (κ1) is 22.4. The molecule has 0 spiro atoms. The van der Waals surface area contributed by atoms with Gasteiger partial charge in [-0.15, -0.1) is 5.10 Å². The molecule has 0 aliphatic heterocycles. The second-order valence-corrected chi connectivity index (χ2v) is 7.81. The average Bonchev–Trinajstić information content (AvgIpc) is 3.37. The van der Waals surface area contributed by atoms with Gasteiger partial charge >= 0.3 is 0 Å². The Labute approximate surface area is 199 Å². The van der Waals surface area contributed by atoms with Gasteiger partial charge < -0.3 is 4.74 Å². The Morgan fingerprint density at radius 3 is 2.73 bits per heavy atom. The van der Waals surface area contributed by atoms with Crippen LogP contribution < -0.4 is 10.2 Å². The van der Waals surface area contributed by atoms with Crippen molar-refractivity contribution in [3.05, 3.63) is 99.8 Å². The largest absolute Gasteiger partial charge is 0.487 e. The molecule has 1 N–H and O–H groups in total. The molecular formula is C23H18Cl2N6O2. The number of nitrogens with one attached hydrogen (secondary N) is 1. The van der Waals surface area contributed by atoms with E-state index in [9.17, 15) is 4.79 Å². The van der Waals surface area contributed by atoms with Crippen LogP contribution in [0.1, 0.15) is 28.4 Å². The van der Waals surface area contributed by atoms with Gasteiger partial charge in [-0.2, -0.15) is 5.10 Å². The molecule has 33 heavy (non-hydrogen) atoms. The number of nitrogens with zero attached hydrogens (tertiary/aromatic N) is 5. The van der Waals surface area contributed by atoms with E-state index in [1.54, 1.807) is 41.9 Å². The first-order valence-electron chi connectivity index (χ1n) is 9.85. The number of ether oxygens (including phenoxy) is 1. The van der Waals surface area contributed by atoms with Crippen LogP contribution in [0.4, 0.5) is 0 Å². The predicted molar refractivity (Wildman–Crippen MR) is 126 cm³/mol. The van der Waals surface area contributed by atoms with E-state index >= 15 is 0 Å². The summed E-state index contributed by atoms with van der Waals surface area (Å²) in [6, 6.07) is 19.6. The number of carbonyl (C=O) groups is 1. The monoisotopic (exact) mass is 480 g/mol. The Balaban J connectivity index is 1.46. The lowest BCUT2D eigenvalue weighted by molar-refractivity contribution is 0.0952. The molecule has 1 amide bonds. The van der Waals surface area contributed by atoms with E-state index in [1.807, 2.05) is 36.4 Å². The third-order valence-corrected chi connectivity index (χ3v) is 5.27. The molecule has 0 saturated carbocycles. The van der Waals surface area contributed by atoms with Gasteiger partial charge in [-0.1, -0.05) is 53.5 Å². The molecule has 10 heteroatoms. The van der Waals surface area contributed by atoms with Crippen molar-refractivity contribution in [3.63, 3.8) is 0 Å². The average molecular weight is 481 g/mol. The molecule has 0 fully saturated rings. The molecule has 0 aliphatic carbocycles. The molecule has 0 saturated heterocycles. The molecule has 1 heterocycles. The smallest absolute Gasteiger partial charge is 0.271 e. The number of hydrogen-bond donors (Lipinski definition) is 1. The third kappa shape index (κ3) is 5.54. The molecule has 0 bridgehead atoms. The predicted octanol–water partition coefficient (Wildman–Crippen LogP) is 4.70. The summed E-state index contributed by atoms with van der Waals surface area (Å²) in [6.45, 7) is 1.96. The van der Waals surface area contributed by atoms with Crippen LogP contribution in [0.5, 0.6) is 5.75 Å². The van der Waals surface area contributed by atoms with Crippen LogP contribution in [0, 0.1) is 0 Å². The Hall–Kier alpha value is -3.75. The molecule has 0 atom stereocenters. The van der Waals surface area contributed by atoms with Gasteiger partial charge in [0.05, 0.1) is 16.4 Å². The number of tetrazole rings is 1. The van der Waals surface area contributed by atoms with Crippen molar-refractivity contribution < 1.29 is 9.53 Å². The molecule has 0 radical (unpaired) electrons. The van der Waals surface area contributed by atoms with Gasteiger partial charge in [0.15, 0.2) is 0 Å². The second-order valence-electron chi connectivity index (χ2n) is 6.96. The molecule has 166 valence electrons. The fourth-order valence-electron chi connectivity index (χ4n) is 3.03. The number of hydrazone groups is 1. The highest BCUT2D eigenvalue weighted by Gasteiger charge is 2.12. The Morgan fingerprint density at radius 2 is 1.94 bits per heavy atom. The van der Waals surface area contributed by atoms with Crippen LogP contribution in [0.25, 0.3) is 5.69 Å². The van der Waals surface area contributed by atoms with Gasteiger partial charge in [-0.05, 0) is 59.3 Å². The van der Waals surface area contributed by atoms with E-state index in [0.29, 0.717) is 32.6 Å². The van der Waals surface area contributed by atoms with Crippen LogP contribution in [0.15, 0.2) is 78.2 Å². The van der Waals surface area contributed by atoms with E-state index < -0.39 is 0 Å². The van der Waals surface area contributed by atoms with Crippen LogP contribution >= 0.6 is 23.2 Å². The van der Waals surface area contributed by atoms with Crippen molar-refractivity contribution in [1.82, 2.24) is 25.6 Å². The Kier molecular flexibility index (Phi) is 6.97. The van der Waals surface area contributed by atoms with E-state index in [-0.39, 0.29) is 12.5 Å². The summed E-state index contributed by atoms with van der Waals surface area (Å²) in [4.78, 5) is 12.8. The zero-order valence-corrected chi connectivity index (χ0v) is 19.0. The minimum absolute atomic E-state index is 0.154. The van der Waals surface area contributed by atoms with E-state index in [0.717, 1.165) is 11.3 Å². The summed E-state index contributed by atoms with van der Waals surface area (Å²) in [6.07, 6.45) is 1.50. The van der Waals surface area contributed by atoms with Gasteiger partial charge in [0.2, 0.25) is 0 Å². The fourth-order valence-corrected chi connectivity index (χ4v) is 3.49. The highest BCUT2D eigenvalue weighted by atomic mass is 35.5. The molecule has 0 aliphatic rings. The summed E-state index contributed by atoms with van der Waals surface area (Å²) in [5, 5.41) is 16.3. The van der Waals surface area contributed by atoms with Crippen molar-refractivity contribution in [2.45, 2.75) is 13.5 Å². The maximum Gasteiger partial charge on any atom is 0.271 e. The van der Waals surface area contributed by atoms with Crippen molar-refractivity contribution in [1.29, 1.82) is 0 Å². The van der Waals surface area contributed by atoms with Gasteiger partial charge in [-0.25, -0.2) is 10.1 Å². The molecule has 1 aromatic heterocycles. The van der Waals surface area contributed by atoms with E-state index in [1.165, 1.54) is 6.33 Å². The number of carbonyl (C=O) groups excluding carboxylic acids is 1. The summed E-state index contributed by atoms with van der Waals surface area (Å²) in [7, 11) is 0. The topological polar surface area (TPSA) is 94.3 Å². The molecular weight excluding hydrogens is 463 g/mol. The zero-order chi connectivity index (χ0) is 23.2. The number of halogens is 2. The summed E-state index contributed by atoms with van der Waals surface area (Å²) in [5.74, 6) is 0.125. The SMILES string of the molecule is C/C(=N/NC(=O)c1ccccc1COc1ccc(Cl)cc1Cl)c1cccc(-n2cnnn2)c1.